The molecule has 3 rings (SSSR count). The fourth-order valence-electron chi connectivity index (χ4n) is 2.03. The number of H-pyrrole nitrogens is 1. The number of para-hydroxylation sites is 1. The van der Waals surface area contributed by atoms with Gasteiger partial charge in [-0.2, -0.15) is 0 Å². The maximum atomic E-state index is 13.0. The lowest BCUT2D eigenvalue weighted by molar-refractivity contribution is 0.627. The predicted molar refractivity (Wildman–Crippen MR) is 73.6 cm³/mol. The number of nitrogens with one attached hydrogen (secondary N) is 1. The normalized spacial score (nSPS) is 11.4. The highest BCUT2D eigenvalue weighted by Gasteiger charge is 1.98. The average Bonchev–Trinajstić information content (AvgIpc) is 2.80. The summed E-state index contributed by atoms with van der Waals surface area (Å²) in [4.78, 5) is 3.21. The van der Waals surface area contributed by atoms with E-state index in [1.165, 1.54) is 17.5 Å². The van der Waals surface area contributed by atoms with Crippen LogP contribution in [0, 0.1) is 5.82 Å². The fourth-order valence-corrected chi connectivity index (χ4v) is 2.03. The van der Waals surface area contributed by atoms with E-state index in [1.807, 2.05) is 42.6 Å². The monoisotopic (exact) mass is 237 g/mol. The van der Waals surface area contributed by atoms with Gasteiger partial charge < -0.3 is 4.98 Å². The minimum atomic E-state index is -0.212. The third-order valence-corrected chi connectivity index (χ3v) is 2.93. The molecule has 1 N–H and O–H groups in total. The summed E-state index contributed by atoms with van der Waals surface area (Å²) in [6, 6.07) is 14.7. The lowest BCUT2D eigenvalue weighted by Crippen LogP contribution is -1.75. The maximum absolute atomic E-state index is 13.0. The summed E-state index contributed by atoms with van der Waals surface area (Å²) in [6.45, 7) is 0. The first-order valence-corrected chi connectivity index (χ1v) is 5.83. The van der Waals surface area contributed by atoms with Gasteiger partial charge in [0.15, 0.2) is 0 Å². The van der Waals surface area contributed by atoms with E-state index in [4.69, 9.17) is 0 Å². The molecule has 0 aliphatic rings. The molecule has 88 valence electrons. The summed E-state index contributed by atoms with van der Waals surface area (Å²) in [5, 5.41) is 1.17. The molecule has 1 heterocycles. The molecule has 0 atom stereocenters. The third kappa shape index (κ3) is 2.05. The van der Waals surface area contributed by atoms with Gasteiger partial charge in [-0.1, -0.05) is 42.5 Å². The van der Waals surface area contributed by atoms with Gasteiger partial charge in [-0.3, -0.25) is 0 Å². The molecule has 2 heteroatoms. The van der Waals surface area contributed by atoms with E-state index in [-0.39, 0.29) is 5.82 Å². The first kappa shape index (κ1) is 10.8. The van der Waals surface area contributed by atoms with Crippen LogP contribution < -0.4 is 0 Å². The molecule has 0 aliphatic heterocycles. The molecule has 0 amide bonds. The number of halogens is 1. The highest BCUT2D eigenvalue weighted by molar-refractivity contribution is 5.91. The third-order valence-electron chi connectivity index (χ3n) is 2.93. The molecule has 0 spiro atoms. The maximum Gasteiger partial charge on any atom is 0.123 e. The first-order chi connectivity index (χ1) is 8.83. The second-order valence-corrected chi connectivity index (χ2v) is 4.18. The van der Waals surface area contributed by atoms with Crippen molar-refractivity contribution < 1.29 is 4.39 Å². The second-order valence-electron chi connectivity index (χ2n) is 4.18. The van der Waals surface area contributed by atoms with E-state index in [0.717, 1.165) is 16.6 Å². The van der Waals surface area contributed by atoms with Gasteiger partial charge in [0.05, 0.1) is 0 Å². The Kier molecular flexibility index (Phi) is 2.69. The van der Waals surface area contributed by atoms with Gasteiger partial charge in [0.1, 0.15) is 5.82 Å². The number of aromatic amines is 1. The van der Waals surface area contributed by atoms with Gasteiger partial charge in [0.2, 0.25) is 0 Å². The van der Waals surface area contributed by atoms with Crippen molar-refractivity contribution in [3.63, 3.8) is 0 Å². The highest BCUT2D eigenvalue weighted by atomic mass is 19.1. The van der Waals surface area contributed by atoms with Crippen molar-refractivity contribution in [2.75, 3.05) is 0 Å². The van der Waals surface area contributed by atoms with Crippen LogP contribution in [-0.2, 0) is 0 Å². The molecular weight excluding hydrogens is 225 g/mol. The Balaban J connectivity index is 1.97. The van der Waals surface area contributed by atoms with E-state index in [9.17, 15) is 4.39 Å². The number of hydrogen-bond donors (Lipinski definition) is 1. The molecule has 1 nitrogen and oxygen atoms in total. The molecule has 2 aromatic carbocycles. The Hall–Kier alpha value is -2.35. The first-order valence-electron chi connectivity index (χ1n) is 5.83. The number of hydrogen-bond acceptors (Lipinski definition) is 0. The smallest absolute Gasteiger partial charge is 0.123 e. The Morgan fingerprint density at radius 3 is 2.72 bits per heavy atom. The van der Waals surface area contributed by atoms with Crippen LogP contribution in [-0.4, -0.2) is 4.98 Å². The molecule has 0 saturated carbocycles. The van der Waals surface area contributed by atoms with Crippen LogP contribution in [0.25, 0.3) is 23.1 Å². The SMILES string of the molecule is Fc1cccc(C=Cc2c[nH]c3ccccc23)c1. The Morgan fingerprint density at radius 1 is 0.944 bits per heavy atom. The Bertz CT molecular complexity index is 710. The fraction of sp³-hybridized carbons (Fsp3) is 0. The van der Waals surface area contributed by atoms with Crippen molar-refractivity contribution in [3.05, 3.63) is 71.7 Å². The van der Waals surface area contributed by atoms with Crippen molar-refractivity contribution in [1.82, 2.24) is 4.98 Å². The van der Waals surface area contributed by atoms with Crippen molar-refractivity contribution in [1.29, 1.82) is 0 Å². The Labute approximate surface area is 105 Å². The average molecular weight is 237 g/mol. The largest absolute Gasteiger partial charge is 0.361 e. The summed E-state index contributed by atoms with van der Waals surface area (Å²) in [5.41, 5.74) is 3.08. The standard InChI is InChI=1S/C16H12FN/c17-14-5-3-4-12(10-14)8-9-13-11-18-16-7-2-1-6-15(13)16/h1-11,18H. The molecule has 0 radical (unpaired) electrons. The van der Waals surface area contributed by atoms with Crippen LogP contribution in [0.5, 0.6) is 0 Å². The van der Waals surface area contributed by atoms with E-state index in [1.54, 1.807) is 6.07 Å². The van der Waals surface area contributed by atoms with Crippen LogP contribution in [0.15, 0.2) is 54.7 Å². The van der Waals surface area contributed by atoms with Crippen LogP contribution in [0.4, 0.5) is 4.39 Å². The summed E-state index contributed by atoms with van der Waals surface area (Å²) in [7, 11) is 0. The van der Waals surface area contributed by atoms with Gasteiger partial charge in [-0.25, -0.2) is 4.39 Å². The van der Waals surface area contributed by atoms with Gasteiger partial charge >= 0.3 is 0 Å². The lowest BCUT2D eigenvalue weighted by atomic mass is 10.1. The van der Waals surface area contributed by atoms with Crippen molar-refractivity contribution in [3.8, 4) is 0 Å². The molecule has 0 fully saturated rings. The number of rotatable bonds is 2. The molecule has 0 saturated heterocycles. The zero-order valence-electron chi connectivity index (χ0n) is 9.73. The molecule has 1 aromatic heterocycles. The van der Waals surface area contributed by atoms with Gasteiger partial charge in [0.25, 0.3) is 0 Å². The van der Waals surface area contributed by atoms with E-state index in [2.05, 4.69) is 11.1 Å². The summed E-state index contributed by atoms with van der Waals surface area (Å²) < 4.78 is 13.0. The van der Waals surface area contributed by atoms with Gasteiger partial charge in [-0.15, -0.1) is 0 Å². The zero-order chi connectivity index (χ0) is 12.4. The number of benzene rings is 2. The number of aromatic nitrogens is 1. The minimum absolute atomic E-state index is 0.212. The van der Waals surface area contributed by atoms with Crippen molar-refractivity contribution in [2.24, 2.45) is 0 Å². The van der Waals surface area contributed by atoms with Crippen LogP contribution in [0.2, 0.25) is 0 Å². The molecular formula is C16H12FN. The molecule has 0 unspecified atom stereocenters. The zero-order valence-corrected chi connectivity index (χ0v) is 9.73. The molecule has 3 aromatic rings. The van der Waals surface area contributed by atoms with Crippen LogP contribution >= 0.6 is 0 Å². The minimum Gasteiger partial charge on any atom is -0.361 e. The molecule has 18 heavy (non-hydrogen) atoms. The predicted octanol–water partition coefficient (Wildman–Crippen LogP) is 4.48. The molecule has 0 aliphatic carbocycles. The second kappa shape index (κ2) is 4.49. The summed E-state index contributed by atoms with van der Waals surface area (Å²) >= 11 is 0. The highest BCUT2D eigenvalue weighted by Crippen LogP contribution is 2.20. The van der Waals surface area contributed by atoms with E-state index in [0.29, 0.717) is 0 Å². The van der Waals surface area contributed by atoms with Crippen molar-refractivity contribution in [2.45, 2.75) is 0 Å². The lowest BCUT2D eigenvalue weighted by Gasteiger charge is -1.94. The van der Waals surface area contributed by atoms with E-state index < -0.39 is 0 Å². The number of fused-ring (bicyclic) bond motifs is 1. The van der Waals surface area contributed by atoms with Crippen molar-refractivity contribution >= 4 is 23.1 Å². The quantitative estimate of drug-likeness (QED) is 0.676. The Morgan fingerprint density at radius 2 is 1.83 bits per heavy atom. The van der Waals surface area contributed by atoms with Crippen LogP contribution in [0.1, 0.15) is 11.1 Å². The molecule has 0 bridgehead atoms. The van der Waals surface area contributed by atoms with Gasteiger partial charge in [0, 0.05) is 17.1 Å². The van der Waals surface area contributed by atoms with Gasteiger partial charge in [-0.05, 0) is 29.3 Å². The topological polar surface area (TPSA) is 15.8 Å². The summed E-state index contributed by atoms with van der Waals surface area (Å²) in [6.07, 6.45) is 5.87. The van der Waals surface area contributed by atoms with Crippen LogP contribution in [0.3, 0.4) is 0 Å². The van der Waals surface area contributed by atoms with E-state index >= 15 is 0 Å². The summed E-state index contributed by atoms with van der Waals surface area (Å²) in [5.74, 6) is -0.212.